The molecule has 1 heterocycles. The summed E-state index contributed by atoms with van der Waals surface area (Å²) in [6, 6.07) is 15.8. The number of anilines is 2. The first-order chi connectivity index (χ1) is 13.6. The normalized spacial score (nSPS) is 20.8. The van der Waals surface area contributed by atoms with Crippen LogP contribution in [0, 0.1) is 5.92 Å². The predicted molar refractivity (Wildman–Crippen MR) is 114 cm³/mol. The Bertz CT molecular complexity index is 816. The first kappa shape index (κ1) is 19.0. The summed E-state index contributed by atoms with van der Waals surface area (Å²) in [4.78, 5) is 17.6. The van der Waals surface area contributed by atoms with Crippen LogP contribution in [0.5, 0.6) is 0 Å². The Morgan fingerprint density at radius 1 is 1.11 bits per heavy atom. The number of rotatable bonds is 6. The van der Waals surface area contributed by atoms with Gasteiger partial charge in [-0.25, -0.2) is 0 Å². The third-order valence-electron chi connectivity index (χ3n) is 5.87. The lowest BCUT2D eigenvalue weighted by atomic mass is 10.1. The molecule has 2 aromatic carbocycles. The van der Waals surface area contributed by atoms with Crippen LogP contribution in [0.3, 0.4) is 0 Å². The van der Waals surface area contributed by atoms with Crippen molar-refractivity contribution in [2.24, 2.45) is 5.92 Å². The van der Waals surface area contributed by atoms with Gasteiger partial charge in [-0.15, -0.1) is 0 Å². The highest BCUT2D eigenvalue weighted by molar-refractivity contribution is 6.05. The number of piperazine rings is 1. The lowest BCUT2D eigenvalue weighted by molar-refractivity contribution is 0.0754. The van der Waals surface area contributed by atoms with Crippen molar-refractivity contribution in [3.05, 3.63) is 59.7 Å². The maximum Gasteiger partial charge on any atom is 0.255 e. The van der Waals surface area contributed by atoms with Crippen LogP contribution in [0.4, 0.5) is 11.4 Å². The van der Waals surface area contributed by atoms with Gasteiger partial charge in [-0.2, -0.15) is 0 Å². The summed E-state index contributed by atoms with van der Waals surface area (Å²) < 4.78 is 0. The Labute approximate surface area is 167 Å². The molecule has 0 spiro atoms. The number of para-hydroxylation sites is 2. The molecule has 3 N–H and O–H groups in total. The van der Waals surface area contributed by atoms with Gasteiger partial charge in [0.15, 0.2) is 0 Å². The largest absolute Gasteiger partial charge is 0.397 e. The van der Waals surface area contributed by atoms with Gasteiger partial charge in [0.05, 0.1) is 11.4 Å². The van der Waals surface area contributed by atoms with E-state index in [0.29, 0.717) is 23.0 Å². The molecular formula is C23H30N4O. The fourth-order valence-electron chi connectivity index (χ4n) is 3.94. The number of benzene rings is 2. The number of nitrogen functional groups attached to an aromatic ring is 1. The summed E-state index contributed by atoms with van der Waals surface area (Å²) in [5.74, 6) is 0.825. The van der Waals surface area contributed by atoms with Crippen LogP contribution in [-0.4, -0.2) is 47.9 Å². The zero-order valence-corrected chi connectivity index (χ0v) is 16.6. The van der Waals surface area contributed by atoms with Gasteiger partial charge in [-0.05, 0) is 55.5 Å². The van der Waals surface area contributed by atoms with Gasteiger partial charge < -0.3 is 11.1 Å². The Balaban J connectivity index is 1.31. The van der Waals surface area contributed by atoms with E-state index in [-0.39, 0.29) is 5.91 Å². The first-order valence-electron chi connectivity index (χ1n) is 10.3. The van der Waals surface area contributed by atoms with E-state index in [1.165, 1.54) is 24.9 Å². The lowest BCUT2D eigenvalue weighted by Gasteiger charge is -2.40. The number of nitrogens with one attached hydrogen (secondary N) is 1. The maximum atomic E-state index is 12.5. The van der Waals surface area contributed by atoms with Gasteiger partial charge in [-0.3, -0.25) is 14.6 Å². The fraction of sp³-hybridized carbons (Fsp3) is 0.435. The molecule has 5 nitrogen and oxygen atoms in total. The van der Waals surface area contributed by atoms with Crippen LogP contribution in [0.1, 0.15) is 35.7 Å². The number of hydrogen-bond acceptors (Lipinski definition) is 4. The predicted octanol–water partition coefficient (Wildman–Crippen LogP) is 3.44. The molecule has 1 saturated heterocycles. The summed E-state index contributed by atoms with van der Waals surface area (Å²) >= 11 is 0. The molecule has 1 aliphatic carbocycles. The Morgan fingerprint density at radius 3 is 2.54 bits per heavy atom. The number of carbonyl (C=O) groups is 1. The molecule has 0 aromatic heterocycles. The molecule has 1 unspecified atom stereocenters. The van der Waals surface area contributed by atoms with Crippen LogP contribution < -0.4 is 11.1 Å². The van der Waals surface area contributed by atoms with E-state index >= 15 is 0 Å². The number of carbonyl (C=O) groups excluding carboxylic acids is 1. The highest BCUT2D eigenvalue weighted by Gasteiger charge is 2.29. The summed E-state index contributed by atoms with van der Waals surface area (Å²) in [7, 11) is 0. The van der Waals surface area contributed by atoms with Crippen LogP contribution in [0.2, 0.25) is 0 Å². The van der Waals surface area contributed by atoms with Crippen molar-refractivity contribution in [2.45, 2.75) is 32.4 Å². The fourth-order valence-corrected chi connectivity index (χ4v) is 3.94. The topological polar surface area (TPSA) is 61.6 Å². The van der Waals surface area contributed by atoms with Crippen molar-refractivity contribution in [3.8, 4) is 0 Å². The van der Waals surface area contributed by atoms with Crippen LogP contribution >= 0.6 is 0 Å². The van der Waals surface area contributed by atoms with Crippen molar-refractivity contribution in [3.63, 3.8) is 0 Å². The number of hydrogen-bond donors (Lipinski definition) is 2. The van der Waals surface area contributed by atoms with Gasteiger partial charge in [0.1, 0.15) is 0 Å². The van der Waals surface area contributed by atoms with Crippen LogP contribution in [0.15, 0.2) is 48.5 Å². The third kappa shape index (κ3) is 4.72. The minimum atomic E-state index is -0.133. The molecule has 2 fully saturated rings. The van der Waals surface area contributed by atoms with Crippen LogP contribution in [-0.2, 0) is 6.54 Å². The number of amides is 1. The average Bonchev–Trinajstić information content (AvgIpc) is 3.50. The van der Waals surface area contributed by atoms with Gasteiger partial charge >= 0.3 is 0 Å². The quantitative estimate of drug-likeness (QED) is 0.756. The second-order valence-electron chi connectivity index (χ2n) is 8.26. The van der Waals surface area contributed by atoms with Crippen molar-refractivity contribution < 1.29 is 4.79 Å². The van der Waals surface area contributed by atoms with E-state index in [4.69, 9.17) is 5.73 Å². The molecule has 2 aliphatic rings. The second kappa shape index (κ2) is 8.33. The first-order valence-corrected chi connectivity index (χ1v) is 10.3. The van der Waals surface area contributed by atoms with E-state index in [2.05, 4.69) is 34.2 Å². The zero-order chi connectivity index (χ0) is 19.5. The molecule has 1 aliphatic heterocycles. The summed E-state index contributed by atoms with van der Waals surface area (Å²) in [6.45, 7) is 7.96. The summed E-state index contributed by atoms with van der Waals surface area (Å²) in [5.41, 5.74) is 9.02. The molecule has 4 rings (SSSR count). The van der Waals surface area contributed by atoms with Gasteiger partial charge in [0.25, 0.3) is 5.91 Å². The molecule has 1 atom stereocenters. The summed E-state index contributed by atoms with van der Waals surface area (Å²) in [5, 5.41) is 2.88. The Kier molecular flexibility index (Phi) is 5.64. The molecule has 28 heavy (non-hydrogen) atoms. The van der Waals surface area contributed by atoms with E-state index in [9.17, 15) is 4.79 Å². The van der Waals surface area contributed by atoms with Crippen molar-refractivity contribution in [1.82, 2.24) is 9.80 Å². The highest BCUT2D eigenvalue weighted by atomic mass is 16.1. The Hall–Kier alpha value is -2.37. The minimum Gasteiger partial charge on any atom is -0.397 e. The van der Waals surface area contributed by atoms with Gasteiger partial charge in [0.2, 0.25) is 0 Å². The molecule has 0 bridgehead atoms. The standard InChI is InChI=1S/C23H30N4O/c1-17-14-26(12-13-27(17)16-19-6-7-19)15-18-8-10-20(11-9-18)23(28)25-22-5-3-2-4-21(22)24/h2-5,8-11,17,19H,6-7,12-16,24H2,1H3,(H,25,28). The van der Waals surface area contributed by atoms with E-state index in [0.717, 1.165) is 32.1 Å². The molecule has 1 amide bonds. The SMILES string of the molecule is CC1CN(Cc2ccc(C(=O)Nc3ccccc3N)cc2)CCN1CC1CC1. The lowest BCUT2D eigenvalue weighted by Crippen LogP contribution is -2.51. The smallest absolute Gasteiger partial charge is 0.255 e. The number of nitrogens with two attached hydrogens (primary N) is 1. The number of nitrogens with zero attached hydrogens (tertiary/aromatic N) is 2. The highest BCUT2D eigenvalue weighted by Crippen LogP contribution is 2.31. The molecule has 5 heteroatoms. The molecule has 0 radical (unpaired) electrons. The minimum absolute atomic E-state index is 0.133. The van der Waals surface area contributed by atoms with Crippen molar-refractivity contribution in [2.75, 3.05) is 37.2 Å². The third-order valence-corrected chi connectivity index (χ3v) is 5.87. The zero-order valence-electron chi connectivity index (χ0n) is 16.6. The molecule has 2 aromatic rings. The van der Waals surface area contributed by atoms with Gasteiger partial charge in [0, 0.05) is 44.3 Å². The second-order valence-corrected chi connectivity index (χ2v) is 8.26. The van der Waals surface area contributed by atoms with Gasteiger partial charge in [-0.1, -0.05) is 24.3 Å². The molecule has 148 valence electrons. The van der Waals surface area contributed by atoms with Crippen molar-refractivity contribution >= 4 is 17.3 Å². The summed E-state index contributed by atoms with van der Waals surface area (Å²) in [6.07, 6.45) is 2.84. The van der Waals surface area contributed by atoms with Crippen molar-refractivity contribution in [1.29, 1.82) is 0 Å². The van der Waals surface area contributed by atoms with E-state index in [1.807, 2.05) is 30.3 Å². The molecule has 1 saturated carbocycles. The monoisotopic (exact) mass is 378 g/mol. The Morgan fingerprint density at radius 2 is 1.86 bits per heavy atom. The van der Waals surface area contributed by atoms with Crippen LogP contribution in [0.25, 0.3) is 0 Å². The maximum absolute atomic E-state index is 12.5. The van der Waals surface area contributed by atoms with E-state index in [1.54, 1.807) is 6.07 Å². The van der Waals surface area contributed by atoms with E-state index < -0.39 is 0 Å². The average molecular weight is 379 g/mol. The molecular weight excluding hydrogens is 348 g/mol.